The molecule has 0 heterocycles. The molecular formula is C20H24N2O2. The normalized spacial score (nSPS) is 25.8. The summed E-state index contributed by atoms with van der Waals surface area (Å²) in [5, 5.41) is 21.2. The van der Waals surface area contributed by atoms with Crippen LogP contribution in [0.5, 0.6) is 5.75 Å². The van der Waals surface area contributed by atoms with Gasteiger partial charge in [0.1, 0.15) is 5.75 Å². The maximum absolute atomic E-state index is 10.7. The van der Waals surface area contributed by atoms with E-state index >= 15 is 0 Å². The van der Waals surface area contributed by atoms with Crippen molar-refractivity contribution >= 4 is 5.69 Å². The fourth-order valence-electron chi connectivity index (χ4n) is 3.81. The molecule has 2 aliphatic carbocycles. The van der Waals surface area contributed by atoms with Gasteiger partial charge in [-0.2, -0.15) is 0 Å². The van der Waals surface area contributed by atoms with Crippen LogP contribution in [0.2, 0.25) is 0 Å². The van der Waals surface area contributed by atoms with Crippen molar-refractivity contribution in [2.24, 2.45) is 11.7 Å². The number of phenolic OH excluding ortho intramolecular Hbond substituents is 1. The Morgan fingerprint density at radius 2 is 2.04 bits per heavy atom. The Hall–Kier alpha value is -2.46. The van der Waals surface area contributed by atoms with Crippen LogP contribution in [0, 0.1) is 5.92 Å². The standard InChI is InChI=1S/C20H24N2O2/c1-20(13-5-3-2-4-6-13,16-9-7-14(21)11-18(16)23)17-10-8-15(22)12-19(17)24/h2-3,5,7-12,16,18,23-24H,4,6,21-22H2,1H3/t16?,18-,20?/m0/s1. The molecule has 0 aliphatic heterocycles. The second-order valence-corrected chi connectivity index (χ2v) is 6.68. The number of anilines is 1. The van der Waals surface area contributed by atoms with E-state index in [9.17, 15) is 10.2 Å². The molecule has 6 N–H and O–H groups in total. The molecule has 1 aromatic rings. The molecule has 4 nitrogen and oxygen atoms in total. The lowest BCUT2D eigenvalue weighted by Gasteiger charge is -2.42. The second kappa shape index (κ2) is 6.21. The summed E-state index contributed by atoms with van der Waals surface area (Å²) in [5.74, 6) is -0.0758. The minimum Gasteiger partial charge on any atom is -0.508 e. The van der Waals surface area contributed by atoms with Crippen LogP contribution < -0.4 is 11.5 Å². The van der Waals surface area contributed by atoms with Crippen molar-refractivity contribution in [1.82, 2.24) is 0 Å². The molecule has 0 bridgehead atoms. The van der Waals surface area contributed by atoms with Gasteiger partial charge in [-0.05, 0) is 31.1 Å². The van der Waals surface area contributed by atoms with Gasteiger partial charge in [-0.25, -0.2) is 0 Å². The highest BCUT2D eigenvalue weighted by molar-refractivity contribution is 5.55. The van der Waals surface area contributed by atoms with Gasteiger partial charge in [0, 0.05) is 34.3 Å². The van der Waals surface area contributed by atoms with Crippen molar-refractivity contribution < 1.29 is 10.2 Å². The number of aromatic hydroxyl groups is 1. The van der Waals surface area contributed by atoms with Crippen LogP contribution in [0.3, 0.4) is 0 Å². The van der Waals surface area contributed by atoms with Gasteiger partial charge in [-0.1, -0.05) is 42.9 Å². The van der Waals surface area contributed by atoms with Crippen LogP contribution >= 0.6 is 0 Å². The minimum atomic E-state index is -0.719. The van der Waals surface area contributed by atoms with Crippen molar-refractivity contribution in [2.45, 2.75) is 31.3 Å². The van der Waals surface area contributed by atoms with Gasteiger partial charge >= 0.3 is 0 Å². The lowest BCUT2D eigenvalue weighted by atomic mass is 9.62. The third kappa shape index (κ3) is 2.74. The molecule has 0 aromatic heterocycles. The Morgan fingerprint density at radius 1 is 1.25 bits per heavy atom. The zero-order valence-corrected chi connectivity index (χ0v) is 13.8. The highest BCUT2D eigenvalue weighted by Crippen LogP contribution is 2.48. The van der Waals surface area contributed by atoms with E-state index in [0.29, 0.717) is 11.4 Å². The first-order chi connectivity index (χ1) is 11.4. The predicted octanol–water partition coefficient (Wildman–Crippen LogP) is 2.90. The van der Waals surface area contributed by atoms with Crippen molar-refractivity contribution in [1.29, 1.82) is 0 Å². The lowest BCUT2D eigenvalue weighted by molar-refractivity contribution is 0.135. The molecule has 0 amide bonds. The van der Waals surface area contributed by atoms with Crippen LogP contribution in [-0.2, 0) is 5.41 Å². The van der Waals surface area contributed by atoms with Crippen LogP contribution in [0.25, 0.3) is 0 Å². The van der Waals surface area contributed by atoms with Crippen molar-refractivity contribution in [2.75, 3.05) is 5.73 Å². The Labute approximate surface area is 142 Å². The van der Waals surface area contributed by atoms with Gasteiger partial charge in [0.05, 0.1) is 6.10 Å². The van der Waals surface area contributed by atoms with Crippen molar-refractivity contribution in [3.63, 3.8) is 0 Å². The zero-order chi connectivity index (χ0) is 17.3. The molecule has 3 rings (SSSR count). The Morgan fingerprint density at radius 3 is 2.67 bits per heavy atom. The molecule has 0 spiro atoms. The highest BCUT2D eigenvalue weighted by Gasteiger charge is 2.43. The molecular weight excluding hydrogens is 300 g/mol. The fourth-order valence-corrected chi connectivity index (χ4v) is 3.81. The number of allylic oxidation sites excluding steroid dienone is 5. The lowest BCUT2D eigenvalue weighted by Crippen LogP contribution is -2.41. The molecule has 3 atom stereocenters. The number of aliphatic hydroxyl groups excluding tert-OH is 1. The van der Waals surface area contributed by atoms with Gasteiger partial charge in [0.2, 0.25) is 0 Å². The number of aliphatic hydroxyl groups is 1. The van der Waals surface area contributed by atoms with E-state index in [2.05, 4.69) is 19.1 Å². The number of benzene rings is 1. The van der Waals surface area contributed by atoms with Crippen LogP contribution in [0.15, 0.2) is 65.9 Å². The molecule has 24 heavy (non-hydrogen) atoms. The monoisotopic (exact) mass is 324 g/mol. The number of phenols is 1. The highest BCUT2D eigenvalue weighted by atomic mass is 16.3. The topological polar surface area (TPSA) is 92.5 Å². The molecule has 0 fully saturated rings. The van der Waals surface area contributed by atoms with Gasteiger partial charge in [-0.3, -0.25) is 0 Å². The summed E-state index contributed by atoms with van der Waals surface area (Å²) in [5.41, 5.74) is 14.1. The Kier molecular flexibility index (Phi) is 4.24. The smallest absolute Gasteiger partial charge is 0.121 e. The number of hydrogen-bond acceptors (Lipinski definition) is 4. The first kappa shape index (κ1) is 16.4. The third-order valence-electron chi connectivity index (χ3n) is 5.16. The summed E-state index contributed by atoms with van der Waals surface area (Å²) in [4.78, 5) is 0. The SMILES string of the molecule is CC(C1=CC=CCC1)(c1ccc(N)cc1O)C1C=CC(N)=C[C@@H]1O. The number of nitrogen functional groups attached to an aromatic ring is 1. The molecule has 0 radical (unpaired) electrons. The van der Waals surface area contributed by atoms with Crippen molar-refractivity contribution in [3.05, 3.63) is 71.5 Å². The second-order valence-electron chi connectivity index (χ2n) is 6.68. The van der Waals surface area contributed by atoms with E-state index in [0.717, 1.165) is 18.4 Å². The fraction of sp³-hybridized carbons (Fsp3) is 0.300. The van der Waals surface area contributed by atoms with Gasteiger partial charge in [0.15, 0.2) is 0 Å². The first-order valence-corrected chi connectivity index (χ1v) is 8.21. The largest absolute Gasteiger partial charge is 0.508 e. The molecule has 2 unspecified atom stereocenters. The third-order valence-corrected chi connectivity index (χ3v) is 5.16. The molecule has 0 saturated carbocycles. The van der Waals surface area contributed by atoms with Crippen LogP contribution in [0.1, 0.15) is 25.3 Å². The van der Waals surface area contributed by atoms with Gasteiger partial charge < -0.3 is 21.7 Å². The van der Waals surface area contributed by atoms with Crippen molar-refractivity contribution in [3.8, 4) is 5.75 Å². The van der Waals surface area contributed by atoms with Crippen LogP contribution in [0.4, 0.5) is 5.69 Å². The molecule has 2 aliphatic rings. The molecule has 126 valence electrons. The van der Waals surface area contributed by atoms with Crippen LogP contribution in [-0.4, -0.2) is 16.3 Å². The van der Waals surface area contributed by atoms with Gasteiger partial charge in [0.25, 0.3) is 0 Å². The number of hydrogen-bond donors (Lipinski definition) is 4. The molecule has 0 saturated heterocycles. The van der Waals surface area contributed by atoms with E-state index in [-0.39, 0.29) is 11.7 Å². The first-order valence-electron chi connectivity index (χ1n) is 8.21. The quantitative estimate of drug-likeness (QED) is 0.643. The Bertz CT molecular complexity index is 761. The zero-order valence-electron chi connectivity index (χ0n) is 13.8. The van der Waals surface area contributed by atoms with E-state index in [1.807, 2.05) is 24.3 Å². The van der Waals surface area contributed by atoms with Gasteiger partial charge in [-0.15, -0.1) is 0 Å². The average molecular weight is 324 g/mol. The summed E-state index contributed by atoms with van der Waals surface area (Å²) in [6.45, 7) is 2.07. The van der Waals surface area contributed by atoms with E-state index in [1.54, 1.807) is 18.2 Å². The summed E-state index contributed by atoms with van der Waals surface area (Å²) in [7, 11) is 0. The van der Waals surface area contributed by atoms with E-state index < -0.39 is 11.5 Å². The molecule has 4 heteroatoms. The minimum absolute atomic E-state index is 0.149. The molecule has 1 aromatic carbocycles. The Balaban J connectivity index is 2.16. The average Bonchev–Trinajstić information content (AvgIpc) is 2.55. The predicted molar refractivity (Wildman–Crippen MR) is 97.2 cm³/mol. The number of rotatable bonds is 3. The summed E-state index contributed by atoms with van der Waals surface area (Å²) in [6, 6.07) is 5.21. The summed E-state index contributed by atoms with van der Waals surface area (Å²) in [6.07, 6.45) is 12.8. The maximum atomic E-state index is 10.7. The maximum Gasteiger partial charge on any atom is 0.121 e. The number of nitrogens with two attached hydrogens (primary N) is 2. The summed E-state index contributed by atoms with van der Waals surface area (Å²) < 4.78 is 0. The van der Waals surface area contributed by atoms with E-state index in [1.165, 1.54) is 5.57 Å². The van der Waals surface area contributed by atoms with E-state index in [4.69, 9.17) is 11.5 Å². The summed E-state index contributed by atoms with van der Waals surface area (Å²) >= 11 is 0.